The standard InChI is InChI=1S/C37H72O5/c1-4-5-6-7-8-9-10-11-12-13-14-15-18-21-24-27-30-36(39)41-33-35(32-38)42-37(40)31-28-25-22-19-16-17-20-23-26-29-34(2)3/h34-35,38H,4-33H2,1-3H3/t35-/m0/s1. The van der Waals surface area contributed by atoms with Gasteiger partial charge < -0.3 is 14.6 Å². The maximum atomic E-state index is 12.1. The van der Waals surface area contributed by atoms with E-state index in [1.165, 1.54) is 135 Å². The Morgan fingerprint density at radius 2 is 0.881 bits per heavy atom. The molecule has 5 heteroatoms. The van der Waals surface area contributed by atoms with E-state index in [4.69, 9.17) is 9.47 Å². The molecule has 0 radical (unpaired) electrons. The van der Waals surface area contributed by atoms with E-state index >= 15 is 0 Å². The van der Waals surface area contributed by atoms with Crippen molar-refractivity contribution in [2.75, 3.05) is 13.2 Å². The van der Waals surface area contributed by atoms with Crippen molar-refractivity contribution < 1.29 is 24.2 Å². The molecule has 42 heavy (non-hydrogen) atoms. The molecule has 0 saturated heterocycles. The average Bonchev–Trinajstić information content (AvgIpc) is 2.97. The molecule has 0 spiro atoms. The molecule has 0 rings (SSSR count). The largest absolute Gasteiger partial charge is 0.462 e. The van der Waals surface area contributed by atoms with Crippen LogP contribution in [-0.4, -0.2) is 36.4 Å². The predicted octanol–water partition coefficient (Wildman–Crippen LogP) is 11.0. The topological polar surface area (TPSA) is 72.8 Å². The number of esters is 2. The number of ether oxygens (including phenoxy) is 2. The molecule has 0 amide bonds. The molecule has 0 saturated carbocycles. The number of aliphatic hydroxyl groups is 1. The van der Waals surface area contributed by atoms with E-state index in [1.54, 1.807) is 0 Å². The fourth-order valence-electron chi connectivity index (χ4n) is 5.50. The number of hydrogen-bond acceptors (Lipinski definition) is 5. The van der Waals surface area contributed by atoms with Crippen LogP contribution in [0.3, 0.4) is 0 Å². The Morgan fingerprint density at radius 3 is 1.26 bits per heavy atom. The highest BCUT2D eigenvalue weighted by molar-refractivity contribution is 5.70. The summed E-state index contributed by atoms with van der Waals surface area (Å²) in [5.74, 6) is 0.237. The second kappa shape index (κ2) is 32.8. The summed E-state index contributed by atoms with van der Waals surface area (Å²) in [7, 11) is 0. The van der Waals surface area contributed by atoms with E-state index in [0.29, 0.717) is 12.8 Å². The Morgan fingerprint density at radius 1 is 0.524 bits per heavy atom. The van der Waals surface area contributed by atoms with Gasteiger partial charge in [0.2, 0.25) is 0 Å². The fraction of sp³-hybridized carbons (Fsp3) is 0.946. The zero-order valence-electron chi connectivity index (χ0n) is 28.4. The van der Waals surface area contributed by atoms with Gasteiger partial charge in [-0.25, -0.2) is 0 Å². The minimum Gasteiger partial charge on any atom is -0.462 e. The minimum absolute atomic E-state index is 0.0584. The van der Waals surface area contributed by atoms with Crippen LogP contribution in [-0.2, 0) is 19.1 Å². The lowest BCUT2D eigenvalue weighted by atomic mass is 10.0. The zero-order chi connectivity index (χ0) is 30.9. The lowest BCUT2D eigenvalue weighted by Crippen LogP contribution is -2.28. The van der Waals surface area contributed by atoms with Gasteiger partial charge in [-0.3, -0.25) is 9.59 Å². The Labute approximate surface area is 261 Å². The first kappa shape index (κ1) is 40.9. The molecule has 0 aromatic heterocycles. The lowest BCUT2D eigenvalue weighted by Gasteiger charge is -2.15. The lowest BCUT2D eigenvalue weighted by molar-refractivity contribution is -0.161. The SMILES string of the molecule is CCCCCCCCCCCCCCCCCCC(=O)OC[C@H](CO)OC(=O)CCCCCCCCCCCC(C)C. The normalized spacial score (nSPS) is 12.1. The molecule has 0 aromatic carbocycles. The van der Waals surface area contributed by atoms with Crippen molar-refractivity contribution in [3.05, 3.63) is 0 Å². The van der Waals surface area contributed by atoms with Crippen molar-refractivity contribution in [3.8, 4) is 0 Å². The molecule has 0 aliphatic heterocycles. The summed E-state index contributed by atoms with van der Waals surface area (Å²) in [5.41, 5.74) is 0. The molecule has 1 N–H and O–H groups in total. The van der Waals surface area contributed by atoms with Crippen LogP contribution in [0.2, 0.25) is 0 Å². The van der Waals surface area contributed by atoms with Gasteiger partial charge in [-0.15, -0.1) is 0 Å². The molecular weight excluding hydrogens is 524 g/mol. The van der Waals surface area contributed by atoms with Gasteiger partial charge in [-0.05, 0) is 18.8 Å². The van der Waals surface area contributed by atoms with Crippen molar-refractivity contribution in [2.45, 2.75) is 207 Å². The van der Waals surface area contributed by atoms with Crippen LogP contribution in [0.5, 0.6) is 0 Å². The van der Waals surface area contributed by atoms with Gasteiger partial charge in [0.15, 0.2) is 6.10 Å². The van der Waals surface area contributed by atoms with Crippen LogP contribution < -0.4 is 0 Å². The highest BCUT2D eigenvalue weighted by atomic mass is 16.6. The van der Waals surface area contributed by atoms with E-state index in [9.17, 15) is 14.7 Å². The maximum Gasteiger partial charge on any atom is 0.306 e. The van der Waals surface area contributed by atoms with Crippen LogP contribution >= 0.6 is 0 Å². The molecule has 0 aliphatic carbocycles. The summed E-state index contributed by atoms with van der Waals surface area (Å²) in [6.45, 7) is 6.47. The van der Waals surface area contributed by atoms with Crippen LogP contribution in [0.15, 0.2) is 0 Å². The van der Waals surface area contributed by atoms with E-state index < -0.39 is 6.10 Å². The second-order valence-corrected chi connectivity index (χ2v) is 13.1. The number of carbonyl (C=O) groups is 2. The molecule has 0 heterocycles. The summed E-state index contributed by atoms with van der Waals surface area (Å²) >= 11 is 0. The molecule has 250 valence electrons. The monoisotopic (exact) mass is 597 g/mol. The van der Waals surface area contributed by atoms with E-state index in [-0.39, 0.29) is 25.2 Å². The molecule has 1 atom stereocenters. The highest BCUT2D eigenvalue weighted by Crippen LogP contribution is 2.15. The predicted molar refractivity (Wildman–Crippen MR) is 178 cm³/mol. The number of aliphatic hydroxyl groups excluding tert-OH is 1. The first-order chi connectivity index (χ1) is 20.5. The van der Waals surface area contributed by atoms with E-state index in [0.717, 1.165) is 38.0 Å². The van der Waals surface area contributed by atoms with Crippen LogP contribution in [0.4, 0.5) is 0 Å². The average molecular weight is 597 g/mol. The van der Waals surface area contributed by atoms with Crippen molar-refractivity contribution in [3.63, 3.8) is 0 Å². The molecule has 0 bridgehead atoms. The van der Waals surface area contributed by atoms with Gasteiger partial charge >= 0.3 is 11.9 Å². The smallest absolute Gasteiger partial charge is 0.306 e. The first-order valence-corrected chi connectivity index (χ1v) is 18.5. The summed E-state index contributed by atoms with van der Waals surface area (Å²) < 4.78 is 10.6. The quantitative estimate of drug-likeness (QED) is 0.0602. The number of carbonyl (C=O) groups excluding carboxylic acids is 2. The summed E-state index contributed by atoms with van der Waals surface area (Å²) in [4.78, 5) is 24.2. The van der Waals surface area contributed by atoms with Crippen molar-refractivity contribution in [1.82, 2.24) is 0 Å². The van der Waals surface area contributed by atoms with Gasteiger partial charge in [0.1, 0.15) is 6.61 Å². The number of hydrogen-bond donors (Lipinski definition) is 1. The highest BCUT2D eigenvalue weighted by Gasteiger charge is 2.16. The third kappa shape index (κ3) is 31.8. The fourth-order valence-corrected chi connectivity index (χ4v) is 5.50. The van der Waals surface area contributed by atoms with Gasteiger partial charge in [0.05, 0.1) is 6.61 Å². The zero-order valence-corrected chi connectivity index (χ0v) is 28.4. The van der Waals surface area contributed by atoms with Crippen molar-refractivity contribution >= 4 is 11.9 Å². The Kier molecular flexibility index (Phi) is 31.9. The van der Waals surface area contributed by atoms with Gasteiger partial charge in [-0.2, -0.15) is 0 Å². The molecule has 0 fully saturated rings. The third-order valence-corrected chi connectivity index (χ3v) is 8.33. The van der Waals surface area contributed by atoms with Crippen LogP contribution in [0.1, 0.15) is 201 Å². The Hall–Kier alpha value is -1.10. The van der Waals surface area contributed by atoms with Gasteiger partial charge in [0.25, 0.3) is 0 Å². The third-order valence-electron chi connectivity index (χ3n) is 8.33. The summed E-state index contributed by atoms with van der Waals surface area (Å²) in [6.07, 6.45) is 33.0. The molecule has 0 aromatic rings. The molecule has 0 aliphatic rings. The minimum atomic E-state index is -0.761. The van der Waals surface area contributed by atoms with Gasteiger partial charge in [0, 0.05) is 12.8 Å². The maximum absolute atomic E-state index is 12.1. The molecular formula is C37H72O5. The van der Waals surface area contributed by atoms with E-state index in [1.807, 2.05) is 0 Å². The summed E-state index contributed by atoms with van der Waals surface area (Å²) in [5, 5.41) is 9.52. The van der Waals surface area contributed by atoms with Gasteiger partial charge in [-0.1, -0.05) is 175 Å². The number of rotatable bonds is 33. The molecule has 0 unspecified atom stereocenters. The number of unbranched alkanes of at least 4 members (excludes halogenated alkanes) is 23. The Bertz CT molecular complexity index is 577. The van der Waals surface area contributed by atoms with Crippen LogP contribution in [0.25, 0.3) is 0 Å². The first-order valence-electron chi connectivity index (χ1n) is 18.5. The van der Waals surface area contributed by atoms with Crippen LogP contribution in [0, 0.1) is 5.92 Å². The molecule has 5 nitrogen and oxygen atoms in total. The Balaban J connectivity index is 3.51. The van der Waals surface area contributed by atoms with Crippen molar-refractivity contribution in [2.24, 2.45) is 5.92 Å². The summed E-state index contributed by atoms with van der Waals surface area (Å²) in [6, 6.07) is 0. The van der Waals surface area contributed by atoms with E-state index in [2.05, 4.69) is 20.8 Å². The second-order valence-electron chi connectivity index (χ2n) is 13.1. The van der Waals surface area contributed by atoms with Crippen molar-refractivity contribution in [1.29, 1.82) is 0 Å².